The fraction of sp³-hybridized carbons (Fsp3) is 0.143. The lowest BCUT2D eigenvalue weighted by molar-refractivity contribution is -0.116. The van der Waals surface area contributed by atoms with Gasteiger partial charge in [-0.25, -0.2) is 4.39 Å². The fourth-order valence-electron chi connectivity index (χ4n) is 2.61. The summed E-state index contributed by atoms with van der Waals surface area (Å²) in [5.74, 6) is -0.354. The normalized spacial score (nSPS) is 10.6. The summed E-state index contributed by atoms with van der Waals surface area (Å²) < 4.78 is 20.5. The van der Waals surface area contributed by atoms with Crippen molar-refractivity contribution in [3.63, 3.8) is 0 Å². The second-order valence-corrected chi connectivity index (χ2v) is 7.58. The van der Waals surface area contributed by atoms with E-state index in [9.17, 15) is 14.0 Å². The van der Waals surface area contributed by atoms with Gasteiger partial charge in [-0.15, -0.1) is 11.8 Å². The zero-order chi connectivity index (χ0) is 20.8. The van der Waals surface area contributed by atoms with Crippen molar-refractivity contribution in [2.45, 2.75) is 17.2 Å². The fourth-order valence-corrected chi connectivity index (χ4v) is 3.63. The van der Waals surface area contributed by atoms with E-state index in [1.165, 1.54) is 43.3 Å². The summed E-state index contributed by atoms with van der Waals surface area (Å²) in [6, 6.07) is 14.7. The van der Waals surface area contributed by atoms with Gasteiger partial charge in [-0.1, -0.05) is 23.7 Å². The number of aromatic nitrogens is 1. The number of methoxy groups -OCH3 is 1. The number of ether oxygens (including phenoxy) is 1. The van der Waals surface area contributed by atoms with Crippen LogP contribution in [0.1, 0.15) is 5.69 Å². The Labute approximate surface area is 176 Å². The number of pyridine rings is 1. The molecule has 29 heavy (non-hydrogen) atoms. The number of thioether (sulfide) groups is 1. The van der Waals surface area contributed by atoms with Crippen LogP contribution in [0.2, 0.25) is 5.02 Å². The first-order chi connectivity index (χ1) is 14.0. The number of anilines is 1. The van der Waals surface area contributed by atoms with E-state index in [1.807, 2.05) is 12.1 Å². The molecule has 0 fully saturated rings. The van der Waals surface area contributed by atoms with Crippen molar-refractivity contribution in [3.05, 3.63) is 87.6 Å². The number of rotatable bonds is 7. The van der Waals surface area contributed by atoms with E-state index in [4.69, 9.17) is 16.3 Å². The Balaban J connectivity index is 1.80. The van der Waals surface area contributed by atoms with Crippen molar-refractivity contribution in [3.8, 4) is 5.75 Å². The standard InChI is InChI=1S/C21H18ClFN2O3S/c1-28-20-11-25(12-21(27)24-18-5-3-2-4-17(18)23)15(10-19(20)26)13-29-16-8-6-14(22)7-9-16/h2-11H,12-13H2,1H3,(H,24,27). The van der Waals surface area contributed by atoms with Gasteiger partial charge < -0.3 is 14.6 Å². The molecular formula is C21H18ClFN2O3S. The van der Waals surface area contributed by atoms with Gasteiger partial charge in [-0.3, -0.25) is 9.59 Å². The van der Waals surface area contributed by atoms with Crippen LogP contribution in [0.3, 0.4) is 0 Å². The van der Waals surface area contributed by atoms with E-state index in [-0.39, 0.29) is 23.4 Å². The van der Waals surface area contributed by atoms with E-state index in [2.05, 4.69) is 5.32 Å². The number of amides is 1. The second kappa shape index (κ2) is 9.62. The third kappa shape index (κ3) is 5.62. The predicted molar refractivity (Wildman–Crippen MR) is 113 cm³/mol. The number of para-hydroxylation sites is 1. The molecule has 0 saturated carbocycles. The Morgan fingerprint density at radius 3 is 2.62 bits per heavy atom. The first kappa shape index (κ1) is 21.0. The Hall–Kier alpha value is -2.77. The number of nitrogens with one attached hydrogen (secondary N) is 1. The summed E-state index contributed by atoms with van der Waals surface area (Å²) in [7, 11) is 1.39. The molecular weight excluding hydrogens is 415 g/mol. The number of hydrogen-bond donors (Lipinski definition) is 1. The third-order valence-corrected chi connectivity index (χ3v) is 5.36. The van der Waals surface area contributed by atoms with Crippen LogP contribution < -0.4 is 15.5 Å². The molecule has 1 N–H and O–H groups in total. The van der Waals surface area contributed by atoms with E-state index in [1.54, 1.807) is 28.8 Å². The smallest absolute Gasteiger partial charge is 0.244 e. The van der Waals surface area contributed by atoms with E-state index >= 15 is 0 Å². The quantitative estimate of drug-likeness (QED) is 0.555. The van der Waals surface area contributed by atoms with Crippen LogP contribution in [0.4, 0.5) is 10.1 Å². The minimum Gasteiger partial charge on any atom is -0.491 e. The molecule has 5 nitrogen and oxygen atoms in total. The molecule has 0 saturated heterocycles. The second-order valence-electron chi connectivity index (χ2n) is 6.10. The lowest BCUT2D eigenvalue weighted by atomic mass is 10.3. The first-order valence-corrected chi connectivity index (χ1v) is 10.0. The van der Waals surface area contributed by atoms with Crippen molar-refractivity contribution in [1.82, 2.24) is 4.57 Å². The van der Waals surface area contributed by atoms with Gasteiger partial charge in [0.2, 0.25) is 11.3 Å². The van der Waals surface area contributed by atoms with Crippen molar-refractivity contribution in [1.29, 1.82) is 0 Å². The lowest BCUT2D eigenvalue weighted by Crippen LogP contribution is -2.23. The number of halogens is 2. The predicted octanol–water partition coefficient (Wildman–Crippen LogP) is 4.58. The minimum atomic E-state index is -0.517. The van der Waals surface area contributed by atoms with Crippen molar-refractivity contribution in [2.75, 3.05) is 12.4 Å². The highest BCUT2D eigenvalue weighted by Gasteiger charge is 2.12. The zero-order valence-electron chi connectivity index (χ0n) is 15.5. The van der Waals surface area contributed by atoms with Crippen LogP contribution in [-0.2, 0) is 17.1 Å². The van der Waals surface area contributed by atoms with Crippen molar-refractivity contribution in [2.24, 2.45) is 0 Å². The Morgan fingerprint density at radius 1 is 1.21 bits per heavy atom. The summed E-state index contributed by atoms with van der Waals surface area (Å²) in [6.07, 6.45) is 1.49. The molecule has 3 aromatic rings. The van der Waals surface area contributed by atoms with Crippen molar-refractivity contribution >= 4 is 35.0 Å². The molecule has 0 atom stereocenters. The number of hydrogen-bond acceptors (Lipinski definition) is 4. The summed E-state index contributed by atoms with van der Waals surface area (Å²) in [6.45, 7) is -0.0957. The van der Waals surface area contributed by atoms with Crippen molar-refractivity contribution < 1.29 is 13.9 Å². The SMILES string of the molecule is COc1cn(CC(=O)Nc2ccccc2F)c(CSc2ccc(Cl)cc2)cc1=O. The van der Waals surface area contributed by atoms with E-state index < -0.39 is 11.7 Å². The van der Waals surface area contributed by atoms with Gasteiger partial charge in [0.05, 0.1) is 19.0 Å². The summed E-state index contributed by atoms with van der Waals surface area (Å²) >= 11 is 7.40. The van der Waals surface area contributed by atoms with Crippen LogP contribution in [0.15, 0.2) is 70.5 Å². The summed E-state index contributed by atoms with van der Waals surface area (Å²) in [4.78, 5) is 25.6. The highest BCUT2D eigenvalue weighted by molar-refractivity contribution is 7.98. The molecule has 1 aromatic heterocycles. The maximum absolute atomic E-state index is 13.8. The van der Waals surface area contributed by atoms with Gasteiger partial charge in [0.1, 0.15) is 12.4 Å². The molecule has 2 aromatic carbocycles. The molecule has 0 unspecified atom stereocenters. The summed E-state index contributed by atoms with van der Waals surface area (Å²) in [5.41, 5.74) is 0.465. The van der Waals surface area contributed by atoms with Gasteiger partial charge in [0.15, 0.2) is 5.75 Å². The van der Waals surface area contributed by atoms with Crippen LogP contribution in [0, 0.1) is 5.82 Å². The Morgan fingerprint density at radius 2 is 1.93 bits per heavy atom. The van der Waals surface area contributed by atoms with Crippen LogP contribution in [-0.4, -0.2) is 17.6 Å². The molecule has 0 aliphatic rings. The Kier molecular flexibility index (Phi) is 6.95. The number of carbonyl (C=O) groups is 1. The monoisotopic (exact) mass is 432 g/mol. The van der Waals surface area contributed by atoms with Gasteiger partial charge in [0.25, 0.3) is 0 Å². The van der Waals surface area contributed by atoms with Crippen LogP contribution in [0.25, 0.3) is 0 Å². The van der Waals surface area contributed by atoms with E-state index in [0.29, 0.717) is 16.5 Å². The number of carbonyl (C=O) groups excluding carboxylic acids is 1. The number of benzene rings is 2. The van der Waals surface area contributed by atoms with Crippen LogP contribution >= 0.6 is 23.4 Å². The average molecular weight is 433 g/mol. The molecule has 0 radical (unpaired) electrons. The maximum atomic E-state index is 13.8. The van der Waals surface area contributed by atoms with Gasteiger partial charge in [0, 0.05) is 27.4 Å². The highest BCUT2D eigenvalue weighted by atomic mass is 35.5. The minimum absolute atomic E-state index is 0.0957. The van der Waals surface area contributed by atoms with Gasteiger partial charge >= 0.3 is 0 Å². The van der Waals surface area contributed by atoms with E-state index in [0.717, 1.165) is 4.90 Å². The van der Waals surface area contributed by atoms with Crippen LogP contribution in [0.5, 0.6) is 5.75 Å². The molecule has 0 aliphatic carbocycles. The lowest BCUT2D eigenvalue weighted by Gasteiger charge is -2.15. The Bertz CT molecular complexity index is 1070. The molecule has 1 amide bonds. The molecule has 1 heterocycles. The molecule has 0 aliphatic heterocycles. The topological polar surface area (TPSA) is 60.3 Å². The average Bonchev–Trinajstić information content (AvgIpc) is 2.71. The molecule has 0 bridgehead atoms. The maximum Gasteiger partial charge on any atom is 0.244 e. The zero-order valence-corrected chi connectivity index (χ0v) is 17.1. The molecule has 8 heteroatoms. The first-order valence-electron chi connectivity index (χ1n) is 8.66. The molecule has 150 valence electrons. The van der Waals surface area contributed by atoms with Gasteiger partial charge in [-0.05, 0) is 36.4 Å². The highest BCUT2D eigenvalue weighted by Crippen LogP contribution is 2.24. The summed E-state index contributed by atoms with van der Waals surface area (Å²) in [5, 5.41) is 3.18. The molecule has 0 spiro atoms. The third-order valence-electron chi connectivity index (χ3n) is 4.06. The largest absolute Gasteiger partial charge is 0.491 e. The van der Waals surface area contributed by atoms with Gasteiger partial charge in [-0.2, -0.15) is 0 Å². The molecule has 3 rings (SSSR count). The number of nitrogens with zero attached hydrogens (tertiary/aromatic N) is 1.